The molecule has 0 unspecified atom stereocenters. The van der Waals surface area contributed by atoms with Crippen LogP contribution in [-0.4, -0.2) is 47.4 Å². The number of halogens is 1. The van der Waals surface area contributed by atoms with Crippen LogP contribution in [-0.2, 0) is 9.53 Å². The molecule has 0 saturated carbocycles. The maximum Gasteiger partial charge on any atom is 0.237 e. The van der Waals surface area contributed by atoms with Crippen molar-refractivity contribution in [1.82, 2.24) is 9.97 Å². The van der Waals surface area contributed by atoms with E-state index in [0.717, 1.165) is 63.4 Å². The van der Waals surface area contributed by atoms with Gasteiger partial charge in [0, 0.05) is 29.3 Å². The van der Waals surface area contributed by atoms with Crippen molar-refractivity contribution in [2.75, 3.05) is 36.5 Å². The Hall–Kier alpha value is -3.01. The number of nitrogens with one attached hydrogen (secondary N) is 1. The van der Waals surface area contributed by atoms with Gasteiger partial charge in [0.1, 0.15) is 17.2 Å². The third-order valence-corrected chi connectivity index (χ3v) is 7.99. The van der Waals surface area contributed by atoms with Crippen molar-refractivity contribution in [1.29, 1.82) is 0 Å². The summed E-state index contributed by atoms with van der Waals surface area (Å²) in [6, 6.07) is 16.3. The molecular weight excluding hydrogens is 471 g/mol. The lowest BCUT2D eigenvalue weighted by molar-refractivity contribution is -0.115. The van der Waals surface area contributed by atoms with E-state index >= 15 is 0 Å². The second-order valence-electron chi connectivity index (χ2n) is 7.91. The maximum absolute atomic E-state index is 13.3. The smallest absolute Gasteiger partial charge is 0.237 e. The van der Waals surface area contributed by atoms with Gasteiger partial charge in [-0.2, -0.15) is 0 Å². The molecule has 1 saturated heterocycles. The molecule has 6 nitrogen and oxygen atoms in total. The number of thiophene rings is 1. The second kappa shape index (κ2) is 10.1. The number of carbonyl (C=O) groups is 1. The average molecular weight is 495 g/mol. The van der Waals surface area contributed by atoms with Gasteiger partial charge in [-0.05, 0) is 55.0 Å². The number of amides is 1. The quantitative estimate of drug-likeness (QED) is 0.284. The Labute approximate surface area is 205 Å². The first kappa shape index (κ1) is 22.8. The number of ether oxygens (including phenoxy) is 1. The number of carbonyl (C=O) groups excluding carboxylic acids is 1. The monoisotopic (exact) mass is 494 g/mol. The van der Waals surface area contributed by atoms with Crippen molar-refractivity contribution >= 4 is 50.6 Å². The van der Waals surface area contributed by atoms with Crippen LogP contribution < -0.4 is 10.2 Å². The van der Waals surface area contributed by atoms with Gasteiger partial charge in [-0.1, -0.05) is 23.9 Å². The Morgan fingerprint density at radius 1 is 1.12 bits per heavy atom. The minimum Gasteiger partial charge on any atom is -0.378 e. The third-order valence-electron chi connectivity index (χ3n) is 5.58. The topological polar surface area (TPSA) is 67.4 Å². The molecule has 9 heteroatoms. The van der Waals surface area contributed by atoms with Crippen LogP contribution in [0, 0.1) is 5.82 Å². The molecule has 5 rings (SSSR count). The first-order valence-electron chi connectivity index (χ1n) is 11.0. The van der Waals surface area contributed by atoms with E-state index in [0.29, 0.717) is 0 Å². The molecule has 174 valence electrons. The van der Waals surface area contributed by atoms with Gasteiger partial charge in [0.05, 0.1) is 28.7 Å². The fourth-order valence-corrected chi connectivity index (χ4v) is 5.81. The van der Waals surface area contributed by atoms with Gasteiger partial charge in [0.25, 0.3) is 0 Å². The Kier molecular flexibility index (Phi) is 6.75. The van der Waals surface area contributed by atoms with Crippen LogP contribution in [0.2, 0.25) is 0 Å². The van der Waals surface area contributed by atoms with Gasteiger partial charge in [-0.3, -0.25) is 4.79 Å². The van der Waals surface area contributed by atoms with Crippen LogP contribution in [0.3, 0.4) is 0 Å². The van der Waals surface area contributed by atoms with E-state index in [2.05, 4.69) is 20.2 Å². The van der Waals surface area contributed by atoms with Crippen molar-refractivity contribution in [3.63, 3.8) is 0 Å². The molecule has 1 fully saturated rings. The van der Waals surface area contributed by atoms with Crippen molar-refractivity contribution in [3.8, 4) is 10.4 Å². The fourth-order valence-electron chi connectivity index (χ4n) is 3.72. The first-order chi connectivity index (χ1) is 16.6. The number of anilines is 2. The zero-order valence-electron chi connectivity index (χ0n) is 18.5. The molecule has 3 heterocycles. The Balaban J connectivity index is 1.27. The normalized spacial score (nSPS) is 14.8. The fraction of sp³-hybridized carbons (Fsp3) is 0.240. The van der Waals surface area contributed by atoms with E-state index in [4.69, 9.17) is 4.74 Å². The predicted molar refractivity (Wildman–Crippen MR) is 136 cm³/mol. The summed E-state index contributed by atoms with van der Waals surface area (Å²) in [5, 5.41) is 3.40. The van der Waals surface area contributed by atoms with Crippen LogP contribution >= 0.6 is 23.1 Å². The molecule has 1 aliphatic heterocycles. The Morgan fingerprint density at radius 2 is 1.85 bits per heavy atom. The van der Waals surface area contributed by atoms with E-state index in [1.807, 2.05) is 37.3 Å². The van der Waals surface area contributed by atoms with E-state index in [1.165, 1.54) is 30.2 Å². The van der Waals surface area contributed by atoms with Crippen molar-refractivity contribution in [2.24, 2.45) is 0 Å². The van der Waals surface area contributed by atoms with Gasteiger partial charge in [0.15, 0.2) is 0 Å². The second-order valence-corrected chi connectivity index (χ2v) is 10.3. The van der Waals surface area contributed by atoms with Crippen molar-refractivity contribution < 1.29 is 13.9 Å². The SMILES string of the molecule is C[C@@H](Sc1ncnc2cc(-c3ccc(F)cc3)sc12)C(=O)Nc1ccc(N2CCOCC2)cc1. The molecule has 1 atom stereocenters. The average Bonchev–Trinajstić information content (AvgIpc) is 3.31. The predicted octanol–water partition coefficient (Wildman–Crippen LogP) is 5.45. The first-order valence-corrected chi connectivity index (χ1v) is 12.7. The van der Waals surface area contributed by atoms with Crippen LogP contribution in [0.4, 0.5) is 15.8 Å². The number of benzene rings is 2. The molecule has 34 heavy (non-hydrogen) atoms. The molecule has 1 N–H and O–H groups in total. The molecule has 4 aromatic rings. The summed E-state index contributed by atoms with van der Waals surface area (Å²) < 4.78 is 19.6. The number of thioether (sulfide) groups is 1. The van der Waals surface area contributed by atoms with Gasteiger partial charge in [-0.25, -0.2) is 14.4 Å². The number of fused-ring (bicyclic) bond motifs is 1. The Bertz CT molecular complexity index is 1290. The van der Waals surface area contributed by atoms with Crippen LogP contribution in [0.25, 0.3) is 20.7 Å². The van der Waals surface area contributed by atoms with Crippen LogP contribution in [0.1, 0.15) is 6.92 Å². The van der Waals surface area contributed by atoms with Crippen molar-refractivity contribution in [2.45, 2.75) is 17.2 Å². The van der Waals surface area contributed by atoms with Gasteiger partial charge in [0.2, 0.25) is 5.91 Å². The standard InChI is InChI=1S/C25H23FN4O2S2/c1-16(24(31)29-19-6-8-20(9-7-19)30-10-12-32-13-11-30)33-25-23-21(27-15-28-25)14-22(34-23)17-2-4-18(26)5-3-17/h2-9,14-16H,10-13H2,1H3,(H,29,31)/t16-/m1/s1. The summed E-state index contributed by atoms with van der Waals surface area (Å²) in [5.74, 6) is -0.359. The van der Waals surface area contributed by atoms with Gasteiger partial charge < -0.3 is 15.0 Å². The Morgan fingerprint density at radius 3 is 2.59 bits per heavy atom. The summed E-state index contributed by atoms with van der Waals surface area (Å²) in [6.07, 6.45) is 1.51. The number of morpholine rings is 1. The minimum atomic E-state index is -0.353. The van der Waals surface area contributed by atoms with E-state index in [1.54, 1.807) is 23.5 Å². The summed E-state index contributed by atoms with van der Waals surface area (Å²) in [7, 11) is 0. The lowest BCUT2D eigenvalue weighted by atomic mass is 10.2. The highest BCUT2D eigenvalue weighted by molar-refractivity contribution is 8.00. The molecule has 0 radical (unpaired) electrons. The highest BCUT2D eigenvalue weighted by Gasteiger charge is 2.19. The summed E-state index contributed by atoms with van der Waals surface area (Å²) in [5.41, 5.74) is 3.62. The van der Waals surface area contributed by atoms with Gasteiger partial charge in [-0.15, -0.1) is 11.3 Å². The molecule has 2 aromatic carbocycles. The summed E-state index contributed by atoms with van der Waals surface area (Å²) >= 11 is 2.94. The van der Waals surface area contributed by atoms with Crippen molar-refractivity contribution in [3.05, 3.63) is 66.7 Å². The third kappa shape index (κ3) is 5.06. The highest BCUT2D eigenvalue weighted by Crippen LogP contribution is 2.38. The molecule has 0 aliphatic carbocycles. The van der Waals surface area contributed by atoms with E-state index in [-0.39, 0.29) is 17.0 Å². The van der Waals surface area contributed by atoms with E-state index in [9.17, 15) is 9.18 Å². The molecule has 0 bridgehead atoms. The lowest BCUT2D eigenvalue weighted by Gasteiger charge is -2.28. The summed E-state index contributed by atoms with van der Waals surface area (Å²) in [4.78, 5) is 24.9. The number of rotatable bonds is 6. The maximum atomic E-state index is 13.3. The molecular formula is C25H23FN4O2S2. The van der Waals surface area contributed by atoms with Gasteiger partial charge >= 0.3 is 0 Å². The molecule has 1 amide bonds. The lowest BCUT2D eigenvalue weighted by Crippen LogP contribution is -2.36. The molecule has 0 spiro atoms. The number of nitrogens with zero attached hydrogens (tertiary/aromatic N) is 3. The summed E-state index contributed by atoms with van der Waals surface area (Å²) in [6.45, 7) is 5.08. The number of hydrogen-bond acceptors (Lipinski definition) is 7. The minimum absolute atomic E-state index is 0.0915. The highest BCUT2D eigenvalue weighted by atomic mass is 32.2. The largest absolute Gasteiger partial charge is 0.378 e. The molecule has 2 aromatic heterocycles. The van der Waals surface area contributed by atoms with Crippen LogP contribution in [0.15, 0.2) is 66.0 Å². The zero-order chi connectivity index (χ0) is 23.5. The van der Waals surface area contributed by atoms with E-state index < -0.39 is 0 Å². The number of hydrogen-bond donors (Lipinski definition) is 1. The zero-order valence-corrected chi connectivity index (χ0v) is 20.2. The molecule has 1 aliphatic rings. The van der Waals surface area contributed by atoms with Crippen LogP contribution in [0.5, 0.6) is 0 Å². The number of aromatic nitrogens is 2.